The average molecular weight is 496 g/mol. The second kappa shape index (κ2) is 9.09. The fourth-order valence-corrected chi connectivity index (χ4v) is 5.62. The molecule has 10 heteroatoms. The van der Waals surface area contributed by atoms with E-state index in [0.29, 0.717) is 29.6 Å². The van der Waals surface area contributed by atoms with Crippen LogP contribution in [0.4, 0.5) is 11.6 Å². The van der Waals surface area contributed by atoms with Crippen molar-refractivity contribution in [1.82, 2.24) is 19.2 Å². The number of benzene rings is 3. The molecule has 2 heterocycles. The molecule has 0 spiro atoms. The number of H-pyrrole nitrogens is 1. The highest BCUT2D eigenvalue weighted by Crippen LogP contribution is 2.25. The zero-order valence-electron chi connectivity index (χ0n) is 18.1. The lowest BCUT2D eigenvalue weighted by Crippen LogP contribution is -2.50. The molecule has 174 valence electrons. The number of aromatic nitrogens is 2. The minimum Gasteiger partial charge on any atom is -0.336 e. The molecule has 0 aliphatic carbocycles. The van der Waals surface area contributed by atoms with Crippen LogP contribution in [-0.2, 0) is 10.0 Å². The maximum absolute atomic E-state index is 13.2. The number of carbonyl (C=O) groups excluding carboxylic acids is 1. The lowest BCUT2D eigenvalue weighted by molar-refractivity contribution is 0.0698. The molecular weight excluding hydrogens is 474 g/mol. The molecule has 0 radical (unpaired) electrons. The van der Waals surface area contributed by atoms with Crippen LogP contribution < -0.4 is 5.32 Å². The number of carbonyl (C=O) groups is 1. The van der Waals surface area contributed by atoms with Gasteiger partial charge in [-0.05, 0) is 59.3 Å². The third kappa shape index (κ3) is 4.50. The van der Waals surface area contributed by atoms with Crippen LogP contribution in [0.1, 0.15) is 10.4 Å². The minimum atomic E-state index is -3.66. The van der Waals surface area contributed by atoms with Crippen molar-refractivity contribution in [2.24, 2.45) is 0 Å². The monoisotopic (exact) mass is 495 g/mol. The molecule has 5 rings (SSSR count). The quantitative estimate of drug-likeness (QED) is 0.434. The van der Waals surface area contributed by atoms with Crippen LogP contribution in [0.25, 0.3) is 10.8 Å². The summed E-state index contributed by atoms with van der Waals surface area (Å²) in [5, 5.41) is 5.41. The van der Waals surface area contributed by atoms with E-state index >= 15 is 0 Å². The number of sulfonamides is 1. The molecule has 34 heavy (non-hydrogen) atoms. The van der Waals surface area contributed by atoms with Gasteiger partial charge in [0.25, 0.3) is 5.91 Å². The van der Waals surface area contributed by atoms with Crippen LogP contribution >= 0.6 is 11.6 Å². The lowest BCUT2D eigenvalue weighted by atomic mass is 10.1. The van der Waals surface area contributed by atoms with Gasteiger partial charge >= 0.3 is 0 Å². The van der Waals surface area contributed by atoms with Gasteiger partial charge in [-0.15, -0.1) is 0 Å². The van der Waals surface area contributed by atoms with Gasteiger partial charge in [-0.25, -0.2) is 13.4 Å². The van der Waals surface area contributed by atoms with Crippen molar-refractivity contribution in [2.75, 3.05) is 31.5 Å². The highest BCUT2D eigenvalue weighted by atomic mass is 35.5. The number of amides is 1. The van der Waals surface area contributed by atoms with Gasteiger partial charge < -0.3 is 15.2 Å². The summed E-state index contributed by atoms with van der Waals surface area (Å²) in [5.41, 5.74) is 1.36. The molecule has 1 aliphatic rings. The predicted octanol–water partition coefficient (Wildman–Crippen LogP) is 4.11. The molecule has 1 amide bonds. The van der Waals surface area contributed by atoms with Crippen molar-refractivity contribution in [2.45, 2.75) is 4.90 Å². The summed E-state index contributed by atoms with van der Waals surface area (Å²) in [5.74, 6) is 0.496. The standard InChI is InChI=1S/C24H22ClN5O3S/c25-20-5-1-19-16-22(8-4-18(19)15-20)34(32,33)30-13-11-29(12-14-30)23(31)17-2-6-21(7-3-17)28-24-26-9-10-27-24/h1-10,15-16H,11-14H2,(H2,26,27,28). The van der Waals surface area contributed by atoms with Gasteiger partial charge in [-0.2, -0.15) is 4.31 Å². The Hall–Kier alpha value is -3.40. The molecule has 0 bridgehead atoms. The van der Waals surface area contributed by atoms with Crippen molar-refractivity contribution < 1.29 is 13.2 Å². The summed E-state index contributed by atoms with van der Waals surface area (Å²) in [4.78, 5) is 21.9. The first-order chi connectivity index (χ1) is 16.4. The van der Waals surface area contributed by atoms with Crippen molar-refractivity contribution in [3.05, 3.63) is 83.6 Å². The van der Waals surface area contributed by atoms with E-state index in [0.717, 1.165) is 16.5 Å². The number of imidazole rings is 1. The molecule has 3 aromatic carbocycles. The summed E-state index contributed by atoms with van der Waals surface area (Å²) in [6, 6.07) is 17.5. The Morgan fingerprint density at radius 2 is 1.65 bits per heavy atom. The molecule has 0 unspecified atom stereocenters. The van der Waals surface area contributed by atoms with E-state index < -0.39 is 10.0 Å². The Morgan fingerprint density at radius 3 is 2.35 bits per heavy atom. The van der Waals surface area contributed by atoms with E-state index in [4.69, 9.17) is 11.6 Å². The highest BCUT2D eigenvalue weighted by molar-refractivity contribution is 7.89. The summed E-state index contributed by atoms with van der Waals surface area (Å²) in [6.07, 6.45) is 3.37. The maximum Gasteiger partial charge on any atom is 0.253 e. The molecule has 0 saturated carbocycles. The third-order valence-electron chi connectivity index (χ3n) is 5.83. The minimum absolute atomic E-state index is 0.121. The third-order valence-corrected chi connectivity index (χ3v) is 7.96. The Balaban J connectivity index is 1.24. The molecular formula is C24H22ClN5O3S. The lowest BCUT2D eigenvalue weighted by Gasteiger charge is -2.34. The second-order valence-corrected chi connectivity index (χ2v) is 10.4. The SMILES string of the molecule is O=C(c1ccc(Nc2ncc[nH]2)cc1)N1CCN(S(=O)(=O)c2ccc3cc(Cl)ccc3c2)CC1. The summed E-state index contributed by atoms with van der Waals surface area (Å²) >= 11 is 6.02. The number of hydrogen-bond donors (Lipinski definition) is 2. The molecule has 1 aromatic heterocycles. The van der Waals surface area contributed by atoms with E-state index in [2.05, 4.69) is 15.3 Å². The molecule has 1 aliphatic heterocycles. The van der Waals surface area contributed by atoms with E-state index in [1.54, 1.807) is 59.8 Å². The summed E-state index contributed by atoms with van der Waals surface area (Å²) < 4.78 is 27.8. The van der Waals surface area contributed by atoms with Crippen LogP contribution in [0.2, 0.25) is 5.02 Å². The van der Waals surface area contributed by atoms with Crippen molar-refractivity contribution in [3.8, 4) is 0 Å². The van der Waals surface area contributed by atoms with Crippen LogP contribution in [0, 0.1) is 0 Å². The Kier molecular flexibility index (Phi) is 5.99. The molecule has 2 N–H and O–H groups in total. The number of nitrogens with zero attached hydrogens (tertiary/aromatic N) is 3. The first kappa shape index (κ1) is 22.4. The van der Waals surface area contributed by atoms with Crippen LogP contribution in [0.3, 0.4) is 0 Å². The van der Waals surface area contributed by atoms with Gasteiger partial charge in [0.1, 0.15) is 0 Å². The number of piperazine rings is 1. The van der Waals surface area contributed by atoms with Gasteiger partial charge in [0.05, 0.1) is 4.90 Å². The van der Waals surface area contributed by atoms with E-state index in [9.17, 15) is 13.2 Å². The largest absolute Gasteiger partial charge is 0.336 e. The van der Waals surface area contributed by atoms with Crippen molar-refractivity contribution >= 4 is 49.9 Å². The normalized spacial score (nSPS) is 14.9. The van der Waals surface area contributed by atoms with Gasteiger partial charge in [-0.1, -0.05) is 23.7 Å². The smallest absolute Gasteiger partial charge is 0.253 e. The molecule has 1 saturated heterocycles. The number of aromatic amines is 1. The Labute approximate surface area is 202 Å². The van der Waals surface area contributed by atoms with Gasteiger partial charge in [-0.3, -0.25) is 4.79 Å². The van der Waals surface area contributed by atoms with Gasteiger partial charge in [0.15, 0.2) is 0 Å². The Bertz CT molecular complexity index is 1430. The molecule has 4 aromatic rings. The van der Waals surface area contributed by atoms with Crippen LogP contribution in [0.15, 0.2) is 78.0 Å². The van der Waals surface area contributed by atoms with Crippen molar-refractivity contribution in [1.29, 1.82) is 0 Å². The van der Waals surface area contributed by atoms with Gasteiger partial charge in [0, 0.05) is 54.8 Å². The topological polar surface area (TPSA) is 98.4 Å². The number of anilines is 2. The van der Waals surface area contributed by atoms with Crippen LogP contribution in [0.5, 0.6) is 0 Å². The van der Waals surface area contributed by atoms with E-state index in [1.165, 1.54) is 4.31 Å². The highest BCUT2D eigenvalue weighted by Gasteiger charge is 2.30. The fourth-order valence-electron chi connectivity index (χ4n) is 3.98. The fraction of sp³-hybridized carbons (Fsp3) is 0.167. The maximum atomic E-state index is 13.2. The second-order valence-electron chi connectivity index (χ2n) is 7.99. The zero-order chi connectivity index (χ0) is 23.7. The predicted molar refractivity (Wildman–Crippen MR) is 132 cm³/mol. The first-order valence-electron chi connectivity index (χ1n) is 10.8. The first-order valence-corrected chi connectivity index (χ1v) is 12.6. The Morgan fingerprint density at radius 1 is 0.941 bits per heavy atom. The number of hydrogen-bond acceptors (Lipinski definition) is 5. The van der Waals surface area contributed by atoms with Crippen molar-refractivity contribution in [3.63, 3.8) is 0 Å². The van der Waals surface area contributed by atoms with Gasteiger partial charge in [0.2, 0.25) is 16.0 Å². The van der Waals surface area contributed by atoms with E-state index in [-0.39, 0.29) is 23.9 Å². The molecule has 0 atom stereocenters. The zero-order valence-corrected chi connectivity index (χ0v) is 19.7. The molecule has 1 fully saturated rings. The average Bonchev–Trinajstić information content (AvgIpc) is 3.37. The number of fused-ring (bicyclic) bond motifs is 1. The van der Waals surface area contributed by atoms with E-state index in [1.807, 2.05) is 18.2 Å². The molecule has 8 nitrogen and oxygen atoms in total. The number of nitrogens with one attached hydrogen (secondary N) is 2. The van der Waals surface area contributed by atoms with Crippen LogP contribution in [-0.4, -0.2) is 59.7 Å². The number of halogens is 1. The number of rotatable bonds is 5. The summed E-state index contributed by atoms with van der Waals surface area (Å²) in [6.45, 7) is 1.14. The summed E-state index contributed by atoms with van der Waals surface area (Å²) in [7, 11) is -3.66.